The van der Waals surface area contributed by atoms with Gasteiger partial charge in [-0.3, -0.25) is 4.79 Å². The standard InChI is InChI=1S/C14H10F3NO2/c15-14(16,17)9-3-6-11(13(18)20)12(7-9)8-1-4-10(19)5-2-8/h1-7,19H,(H2,18,20). The fourth-order valence-corrected chi connectivity index (χ4v) is 1.82. The van der Waals surface area contributed by atoms with E-state index in [1.54, 1.807) is 0 Å². The molecule has 6 heteroatoms. The molecule has 2 aromatic rings. The Labute approximate surface area is 112 Å². The van der Waals surface area contributed by atoms with E-state index >= 15 is 0 Å². The minimum Gasteiger partial charge on any atom is -0.508 e. The van der Waals surface area contributed by atoms with Crippen LogP contribution in [0.3, 0.4) is 0 Å². The van der Waals surface area contributed by atoms with Crippen LogP contribution >= 0.6 is 0 Å². The van der Waals surface area contributed by atoms with Crippen molar-refractivity contribution in [3.8, 4) is 16.9 Å². The summed E-state index contributed by atoms with van der Waals surface area (Å²) in [6, 6.07) is 8.19. The molecule has 0 bridgehead atoms. The zero-order chi connectivity index (χ0) is 14.9. The van der Waals surface area contributed by atoms with Crippen LogP contribution in [0.1, 0.15) is 15.9 Å². The molecule has 3 N–H and O–H groups in total. The molecule has 1 amide bonds. The van der Waals surface area contributed by atoms with Crippen LogP contribution < -0.4 is 5.73 Å². The van der Waals surface area contributed by atoms with Gasteiger partial charge in [-0.15, -0.1) is 0 Å². The van der Waals surface area contributed by atoms with Crippen molar-refractivity contribution in [2.24, 2.45) is 5.73 Å². The molecule has 0 aliphatic carbocycles. The smallest absolute Gasteiger partial charge is 0.416 e. The minimum atomic E-state index is -4.51. The van der Waals surface area contributed by atoms with E-state index in [1.807, 2.05) is 0 Å². The van der Waals surface area contributed by atoms with Crippen LogP contribution in [0.25, 0.3) is 11.1 Å². The number of primary amides is 1. The Kier molecular flexibility index (Phi) is 3.40. The molecule has 0 aromatic heterocycles. The van der Waals surface area contributed by atoms with Gasteiger partial charge in [0.15, 0.2) is 0 Å². The maximum Gasteiger partial charge on any atom is 0.416 e. The highest BCUT2D eigenvalue weighted by atomic mass is 19.4. The fourth-order valence-electron chi connectivity index (χ4n) is 1.82. The van der Waals surface area contributed by atoms with Gasteiger partial charge in [-0.25, -0.2) is 0 Å². The first-order valence-corrected chi connectivity index (χ1v) is 5.59. The molecule has 0 saturated carbocycles. The van der Waals surface area contributed by atoms with E-state index in [9.17, 15) is 23.1 Å². The van der Waals surface area contributed by atoms with Gasteiger partial charge in [-0.05, 0) is 41.5 Å². The van der Waals surface area contributed by atoms with Gasteiger partial charge in [0.1, 0.15) is 5.75 Å². The molecule has 2 aromatic carbocycles. The van der Waals surface area contributed by atoms with Crippen LogP contribution in [-0.4, -0.2) is 11.0 Å². The van der Waals surface area contributed by atoms with Crippen molar-refractivity contribution in [2.75, 3.05) is 0 Å². The lowest BCUT2D eigenvalue weighted by Crippen LogP contribution is -2.14. The molecule has 0 spiro atoms. The van der Waals surface area contributed by atoms with Crippen LogP contribution in [0.15, 0.2) is 42.5 Å². The van der Waals surface area contributed by atoms with Crippen molar-refractivity contribution in [2.45, 2.75) is 6.18 Å². The second-order valence-electron chi connectivity index (χ2n) is 4.17. The number of amides is 1. The molecule has 104 valence electrons. The van der Waals surface area contributed by atoms with Crippen LogP contribution in [0.4, 0.5) is 13.2 Å². The number of phenolic OH excluding ortho intramolecular Hbond substituents is 1. The molecule has 0 atom stereocenters. The molecule has 2 rings (SSSR count). The number of phenols is 1. The van der Waals surface area contributed by atoms with Gasteiger partial charge in [0, 0.05) is 5.56 Å². The average Bonchev–Trinajstić information content (AvgIpc) is 2.37. The lowest BCUT2D eigenvalue weighted by molar-refractivity contribution is -0.137. The summed E-state index contributed by atoms with van der Waals surface area (Å²) in [7, 11) is 0. The quantitative estimate of drug-likeness (QED) is 0.888. The lowest BCUT2D eigenvalue weighted by atomic mass is 9.96. The molecule has 0 unspecified atom stereocenters. The number of halogens is 3. The van der Waals surface area contributed by atoms with Gasteiger partial charge in [0.05, 0.1) is 5.56 Å². The van der Waals surface area contributed by atoms with Gasteiger partial charge in [-0.2, -0.15) is 13.2 Å². The van der Waals surface area contributed by atoms with Crippen LogP contribution in [-0.2, 0) is 6.18 Å². The monoisotopic (exact) mass is 281 g/mol. The SMILES string of the molecule is NC(=O)c1ccc(C(F)(F)F)cc1-c1ccc(O)cc1. The molecule has 0 aliphatic rings. The van der Waals surface area contributed by atoms with E-state index in [2.05, 4.69) is 0 Å². The summed E-state index contributed by atoms with van der Waals surface area (Å²) in [5, 5.41) is 9.19. The number of rotatable bonds is 2. The number of alkyl halides is 3. The number of nitrogens with two attached hydrogens (primary N) is 1. The summed E-state index contributed by atoms with van der Waals surface area (Å²) >= 11 is 0. The lowest BCUT2D eigenvalue weighted by Gasteiger charge is -2.12. The van der Waals surface area contributed by atoms with E-state index in [-0.39, 0.29) is 16.9 Å². The first-order valence-electron chi connectivity index (χ1n) is 5.59. The molecular weight excluding hydrogens is 271 g/mol. The Morgan fingerprint density at radius 1 is 1.05 bits per heavy atom. The number of carbonyl (C=O) groups excluding carboxylic acids is 1. The van der Waals surface area contributed by atoms with Crippen LogP contribution in [0.2, 0.25) is 0 Å². The van der Waals surface area contributed by atoms with Crippen molar-refractivity contribution in [3.05, 3.63) is 53.6 Å². The summed E-state index contributed by atoms with van der Waals surface area (Å²) in [6.07, 6.45) is -4.51. The summed E-state index contributed by atoms with van der Waals surface area (Å²) in [6.45, 7) is 0. The topological polar surface area (TPSA) is 63.3 Å². The molecule has 0 saturated heterocycles. The van der Waals surface area contributed by atoms with Crippen LogP contribution in [0.5, 0.6) is 5.75 Å². The number of aromatic hydroxyl groups is 1. The first-order chi connectivity index (χ1) is 9.29. The number of carbonyl (C=O) groups is 1. The Bertz CT molecular complexity index is 648. The molecule has 3 nitrogen and oxygen atoms in total. The second kappa shape index (κ2) is 4.88. The Morgan fingerprint density at radius 2 is 1.65 bits per heavy atom. The molecule has 20 heavy (non-hydrogen) atoms. The number of hydrogen-bond donors (Lipinski definition) is 2. The summed E-state index contributed by atoms with van der Waals surface area (Å²) in [4.78, 5) is 11.3. The zero-order valence-corrected chi connectivity index (χ0v) is 10.1. The summed E-state index contributed by atoms with van der Waals surface area (Å²) in [5.74, 6) is -0.844. The van der Waals surface area contributed by atoms with Crippen LogP contribution in [0, 0.1) is 0 Å². The molecule has 0 radical (unpaired) electrons. The molecule has 0 aliphatic heterocycles. The highest BCUT2D eigenvalue weighted by molar-refractivity contribution is 6.00. The van der Waals surface area contributed by atoms with Crippen molar-refractivity contribution in [1.29, 1.82) is 0 Å². The third-order valence-electron chi connectivity index (χ3n) is 2.79. The number of benzene rings is 2. The van der Waals surface area contributed by atoms with E-state index < -0.39 is 17.6 Å². The van der Waals surface area contributed by atoms with Crippen molar-refractivity contribution in [3.63, 3.8) is 0 Å². The molecule has 0 heterocycles. The molecule has 0 fully saturated rings. The van der Waals surface area contributed by atoms with E-state index in [0.717, 1.165) is 18.2 Å². The van der Waals surface area contributed by atoms with Gasteiger partial charge in [0.25, 0.3) is 0 Å². The predicted octanol–water partition coefficient (Wildman–Crippen LogP) is 3.18. The highest BCUT2D eigenvalue weighted by Gasteiger charge is 2.31. The maximum atomic E-state index is 12.7. The van der Waals surface area contributed by atoms with Crippen molar-refractivity contribution in [1.82, 2.24) is 0 Å². The van der Waals surface area contributed by atoms with Gasteiger partial charge >= 0.3 is 6.18 Å². The fraction of sp³-hybridized carbons (Fsp3) is 0.0714. The van der Waals surface area contributed by atoms with E-state index in [4.69, 9.17) is 5.73 Å². The minimum absolute atomic E-state index is 0.0105. The van der Waals surface area contributed by atoms with Gasteiger partial charge < -0.3 is 10.8 Å². The number of hydrogen-bond acceptors (Lipinski definition) is 2. The van der Waals surface area contributed by atoms with Crippen molar-refractivity contribution < 1.29 is 23.1 Å². The maximum absolute atomic E-state index is 12.7. The third kappa shape index (κ3) is 2.74. The highest BCUT2D eigenvalue weighted by Crippen LogP contribution is 2.34. The Morgan fingerprint density at radius 3 is 2.15 bits per heavy atom. The van der Waals surface area contributed by atoms with E-state index in [0.29, 0.717) is 5.56 Å². The predicted molar refractivity (Wildman–Crippen MR) is 67.1 cm³/mol. The summed E-state index contributed by atoms with van der Waals surface area (Å²) in [5.41, 5.74) is 4.73. The normalized spacial score (nSPS) is 11.3. The summed E-state index contributed by atoms with van der Waals surface area (Å²) < 4.78 is 38.2. The van der Waals surface area contributed by atoms with E-state index in [1.165, 1.54) is 24.3 Å². The molecular formula is C14H10F3NO2. The zero-order valence-electron chi connectivity index (χ0n) is 10.1. The Balaban J connectivity index is 2.64. The van der Waals surface area contributed by atoms with Gasteiger partial charge in [-0.1, -0.05) is 12.1 Å². The average molecular weight is 281 g/mol. The second-order valence-corrected chi connectivity index (χ2v) is 4.17. The van der Waals surface area contributed by atoms with Gasteiger partial charge in [0.2, 0.25) is 5.91 Å². The third-order valence-corrected chi connectivity index (χ3v) is 2.79. The largest absolute Gasteiger partial charge is 0.508 e. The van der Waals surface area contributed by atoms with Crippen molar-refractivity contribution >= 4 is 5.91 Å². The first kappa shape index (κ1) is 13.9. The Hall–Kier alpha value is -2.50.